The smallest absolute Gasteiger partial charge is 0.315 e. The van der Waals surface area contributed by atoms with Crippen molar-refractivity contribution in [2.75, 3.05) is 38.1 Å². The van der Waals surface area contributed by atoms with Crippen LogP contribution < -0.4 is 15.5 Å². The van der Waals surface area contributed by atoms with Crippen LogP contribution in [0.3, 0.4) is 0 Å². The predicted molar refractivity (Wildman–Crippen MR) is 91.6 cm³/mol. The number of rotatable bonds is 5. The van der Waals surface area contributed by atoms with E-state index in [-0.39, 0.29) is 6.03 Å². The molecule has 1 aliphatic heterocycles. The van der Waals surface area contributed by atoms with Crippen molar-refractivity contribution in [2.45, 2.75) is 13.1 Å². The van der Waals surface area contributed by atoms with E-state index in [0.717, 1.165) is 43.3 Å². The zero-order chi connectivity index (χ0) is 16.8. The maximum Gasteiger partial charge on any atom is 0.315 e. The van der Waals surface area contributed by atoms with Crippen molar-refractivity contribution in [1.82, 2.24) is 30.7 Å². The van der Waals surface area contributed by atoms with Gasteiger partial charge in [0.15, 0.2) is 0 Å². The van der Waals surface area contributed by atoms with E-state index < -0.39 is 0 Å². The Balaban J connectivity index is 1.43. The van der Waals surface area contributed by atoms with Gasteiger partial charge in [0.1, 0.15) is 5.82 Å². The number of aromatic nitrogens is 3. The van der Waals surface area contributed by atoms with Crippen LogP contribution in [0, 0.1) is 0 Å². The van der Waals surface area contributed by atoms with Crippen LogP contribution in [0.1, 0.15) is 11.3 Å². The van der Waals surface area contributed by atoms with Gasteiger partial charge in [-0.1, -0.05) is 6.07 Å². The number of nitrogens with one attached hydrogen (secondary N) is 3. The Kier molecular flexibility index (Phi) is 5.27. The number of likely N-dealkylation sites (N-methyl/N-ethyl adjacent to an activating group) is 1. The molecule has 0 aromatic carbocycles. The van der Waals surface area contributed by atoms with E-state index in [2.05, 4.69) is 42.7 Å². The summed E-state index contributed by atoms with van der Waals surface area (Å²) in [5.74, 6) is 0.996. The average Bonchev–Trinajstić information content (AvgIpc) is 3.13. The topological polar surface area (TPSA) is 89.2 Å². The fourth-order valence-electron chi connectivity index (χ4n) is 2.55. The van der Waals surface area contributed by atoms with Crippen LogP contribution in [0.15, 0.2) is 30.6 Å². The van der Waals surface area contributed by atoms with Crippen LogP contribution in [-0.4, -0.2) is 59.3 Å². The predicted octanol–water partition coefficient (Wildman–Crippen LogP) is 0.556. The normalized spacial score (nSPS) is 15.3. The number of carbonyl (C=O) groups is 1. The molecule has 0 atom stereocenters. The standard InChI is InChI=1S/C16H23N7O/c1-22-6-8-23(9-7-22)15-3-2-13(10-17-15)11-18-16(24)19-12-14-4-5-20-21-14/h2-5,10H,6-9,11-12H2,1H3,(H,20,21)(H2,18,19,24). The van der Waals surface area contributed by atoms with Gasteiger partial charge in [-0.15, -0.1) is 0 Å². The molecule has 1 saturated heterocycles. The molecule has 0 radical (unpaired) electrons. The van der Waals surface area contributed by atoms with Crippen LogP contribution in [-0.2, 0) is 13.1 Å². The van der Waals surface area contributed by atoms with Gasteiger partial charge in [-0.3, -0.25) is 5.10 Å². The summed E-state index contributed by atoms with van der Waals surface area (Å²) in [6.45, 7) is 4.98. The molecule has 1 fully saturated rings. The number of anilines is 1. The number of carbonyl (C=O) groups excluding carboxylic acids is 1. The Bertz CT molecular complexity index is 633. The summed E-state index contributed by atoms with van der Waals surface area (Å²) in [4.78, 5) is 20.9. The number of pyridine rings is 1. The lowest BCUT2D eigenvalue weighted by Crippen LogP contribution is -2.44. The van der Waals surface area contributed by atoms with Crippen molar-refractivity contribution in [3.63, 3.8) is 0 Å². The quantitative estimate of drug-likeness (QED) is 0.746. The molecule has 2 amide bonds. The first kappa shape index (κ1) is 16.3. The molecule has 0 spiro atoms. The summed E-state index contributed by atoms with van der Waals surface area (Å²) in [7, 11) is 2.14. The van der Waals surface area contributed by atoms with Crippen LogP contribution in [0.25, 0.3) is 0 Å². The van der Waals surface area contributed by atoms with Gasteiger partial charge in [0, 0.05) is 45.1 Å². The minimum atomic E-state index is -0.215. The lowest BCUT2D eigenvalue weighted by atomic mass is 10.2. The molecule has 3 heterocycles. The maximum absolute atomic E-state index is 11.8. The highest BCUT2D eigenvalue weighted by Gasteiger charge is 2.14. The first-order chi connectivity index (χ1) is 11.7. The van der Waals surface area contributed by atoms with Crippen molar-refractivity contribution in [3.05, 3.63) is 41.9 Å². The Morgan fingerprint density at radius 2 is 1.96 bits per heavy atom. The van der Waals surface area contributed by atoms with E-state index in [1.165, 1.54) is 0 Å². The molecule has 0 aliphatic carbocycles. The van der Waals surface area contributed by atoms with E-state index in [0.29, 0.717) is 13.1 Å². The van der Waals surface area contributed by atoms with Gasteiger partial charge in [0.25, 0.3) is 0 Å². The van der Waals surface area contributed by atoms with Gasteiger partial charge >= 0.3 is 6.03 Å². The molecule has 2 aromatic rings. The van der Waals surface area contributed by atoms with Crippen molar-refractivity contribution >= 4 is 11.8 Å². The molecule has 8 nitrogen and oxygen atoms in total. The van der Waals surface area contributed by atoms with Gasteiger partial charge in [0.05, 0.1) is 12.2 Å². The van der Waals surface area contributed by atoms with E-state index in [4.69, 9.17) is 0 Å². The molecule has 2 aromatic heterocycles. The minimum absolute atomic E-state index is 0.215. The zero-order valence-electron chi connectivity index (χ0n) is 13.8. The molecular weight excluding hydrogens is 306 g/mol. The SMILES string of the molecule is CN1CCN(c2ccc(CNC(=O)NCc3ccn[nH]3)cn2)CC1. The third kappa shape index (κ3) is 4.45. The molecule has 128 valence electrons. The van der Waals surface area contributed by atoms with Crippen LogP contribution in [0.5, 0.6) is 0 Å². The Morgan fingerprint density at radius 1 is 1.17 bits per heavy atom. The second-order valence-corrected chi connectivity index (χ2v) is 5.93. The molecule has 1 aliphatic rings. The molecule has 0 saturated carbocycles. The molecule has 24 heavy (non-hydrogen) atoms. The highest BCUT2D eigenvalue weighted by molar-refractivity contribution is 5.73. The first-order valence-electron chi connectivity index (χ1n) is 8.09. The number of hydrogen-bond donors (Lipinski definition) is 3. The molecule has 0 unspecified atom stereocenters. The maximum atomic E-state index is 11.8. The van der Waals surface area contributed by atoms with Crippen molar-refractivity contribution < 1.29 is 4.79 Å². The monoisotopic (exact) mass is 329 g/mol. The van der Waals surface area contributed by atoms with Crippen molar-refractivity contribution in [2.24, 2.45) is 0 Å². The number of hydrogen-bond acceptors (Lipinski definition) is 5. The summed E-state index contributed by atoms with van der Waals surface area (Å²) in [5, 5.41) is 12.2. The second-order valence-electron chi connectivity index (χ2n) is 5.93. The lowest BCUT2D eigenvalue weighted by molar-refractivity contribution is 0.240. The first-order valence-corrected chi connectivity index (χ1v) is 8.09. The van der Waals surface area contributed by atoms with Crippen LogP contribution in [0.2, 0.25) is 0 Å². The fourth-order valence-corrected chi connectivity index (χ4v) is 2.55. The summed E-state index contributed by atoms with van der Waals surface area (Å²) >= 11 is 0. The largest absolute Gasteiger partial charge is 0.354 e. The van der Waals surface area contributed by atoms with E-state index in [1.807, 2.05) is 24.4 Å². The summed E-state index contributed by atoms with van der Waals surface area (Å²) in [6.07, 6.45) is 3.48. The minimum Gasteiger partial charge on any atom is -0.354 e. The molecular formula is C16H23N7O. The number of aromatic amines is 1. The van der Waals surface area contributed by atoms with Gasteiger partial charge in [-0.2, -0.15) is 5.10 Å². The summed E-state index contributed by atoms with van der Waals surface area (Å²) in [5.41, 5.74) is 1.84. The molecule has 8 heteroatoms. The molecule has 3 rings (SSSR count). The van der Waals surface area contributed by atoms with Crippen LogP contribution >= 0.6 is 0 Å². The summed E-state index contributed by atoms with van der Waals surface area (Å²) < 4.78 is 0. The van der Waals surface area contributed by atoms with Gasteiger partial charge < -0.3 is 20.4 Å². The molecule has 3 N–H and O–H groups in total. The van der Waals surface area contributed by atoms with E-state index >= 15 is 0 Å². The number of piperazine rings is 1. The Hall–Kier alpha value is -2.61. The highest BCUT2D eigenvalue weighted by Crippen LogP contribution is 2.13. The van der Waals surface area contributed by atoms with E-state index in [9.17, 15) is 4.79 Å². The van der Waals surface area contributed by atoms with Gasteiger partial charge in [0.2, 0.25) is 0 Å². The number of H-pyrrole nitrogens is 1. The third-order valence-corrected chi connectivity index (χ3v) is 4.09. The van der Waals surface area contributed by atoms with Crippen molar-refractivity contribution in [1.29, 1.82) is 0 Å². The second kappa shape index (κ2) is 7.78. The third-order valence-electron chi connectivity index (χ3n) is 4.09. The highest BCUT2D eigenvalue weighted by atomic mass is 16.2. The fraction of sp³-hybridized carbons (Fsp3) is 0.438. The number of urea groups is 1. The van der Waals surface area contributed by atoms with Crippen LogP contribution in [0.4, 0.5) is 10.6 Å². The zero-order valence-corrected chi connectivity index (χ0v) is 13.8. The summed E-state index contributed by atoms with van der Waals surface area (Å²) in [6, 6.07) is 5.63. The Labute approximate surface area is 141 Å². The number of nitrogens with zero attached hydrogens (tertiary/aromatic N) is 4. The van der Waals surface area contributed by atoms with E-state index in [1.54, 1.807) is 6.20 Å². The molecule has 0 bridgehead atoms. The van der Waals surface area contributed by atoms with Gasteiger partial charge in [-0.25, -0.2) is 9.78 Å². The van der Waals surface area contributed by atoms with Crippen molar-refractivity contribution in [3.8, 4) is 0 Å². The Morgan fingerprint density at radius 3 is 2.62 bits per heavy atom. The van der Waals surface area contributed by atoms with Gasteiger partial charge in [-0.05, 0) is 24.7 Å². The average molecular weight is 329 g/mol. The number of amides is 2. The lowest BCUT2D eigenvalue weighted by Gasteiger charge is -2.33.